The number of rotatable bonds is 5. The van der Waals surface area contributed by atoms with Gasteiger partial charge in [-0.25, -0.2) is 0 Å². The molecule has 0 radical (unpaired) electrons. The lowest BCUT2D eigenvalue weighted by Crippen LogP contribution is -2.06. The Balaban J connectivity index is 0.000000360. The molecule has 0 aromatic heterocycles. The summed E-state index contributed by atoms with van der Waals surface area (Å²) >= 11 is 0. The summed E-state index contributed by atoms with van der Waals surface area (Å²) in [5.41, 5.74) is 0. The molecule has 0 bridgehead atoms. The van der Waals surface area contributed by atoms with Crippen molar-refractivity contribution >= 4 is 16.4 Å². The predicted molar refractivity (Wildman–Crippen MR) is 65.8 cm³/mol. The minimum atomic E-state index is -4.38. The van der Waals surface area contributed by atoms with Crippen LogP contribution in [0.1, 0.15) is 26.2 Å². The zero-order chi connectivity index (χ0) is 14.0. The van der Waals surface area contributed by atoms with Crippen LogP contribution in [0.25, 0.3) is 0 Å². The zero-order valence-electron chi connectivity index (χ0n) is 9.94. The van der Waals surface area contributed by atoms with Crippen molar-refractivity contribution in [3.63, 3.8) is 0 Å². The maximum Gasteiger partial charge on any atom is 0.446 e. The van der Waals surface area contributed by atoms with E-state index < -0.39 is 16.4 Å². The number of para-hydroxylation sites is 1. The fourth-order valence-corrected chi connectivity index (χ4v) is 1.28. The van der Waals surface area contributed by atoms with Gasteiger partial charge in [0.1, 0.15) is 5.75 Å². The molecule has 2 N–H and O–H groups in total. The summed E-state index contributed by atoms with van der Waals surface area (Å²) in [6.07, 6.45) is 2.08. The molecule has 0 unspecified atom stereocenters. The Bertz CT molecular complexity index is 440. The molecule has 6 nitrogen and oxygen atoms in total. The minimum Gasteiger partial charge on any atom is -0.481 e. The zero-order valence-corrected chi connectivity index (χ0v) is 10.8. The first-order chi connectivity index (χ1) is 8.35. The third kappa shape index (κ3) is 10.9. The Hall–Kier alpha value is -1.60. The SMILES string of the molecule is CCCCC(=O)O.O=S(=O)(O)Oc1ccccc1. The van der Waals surface area contributed by atoms with Gasteiger partial charge in [0.05, 0.1) is 0 Å². The van der Waals surface area contributed by atoms with Crippen LogP contribution in [0.4, 0.5) is 0 Å². The summed E-state index contributed by atoms with van der Waals surface area (Å²) in [7, 11) is -4.38. The number of aliphatic carboxylic acids is 1. The Labute approximate surface area is 106 Å². The van der Waals surface area contributed by atoms with Gasteiger partial charge >= 0.3 is 16.4 Å². The third-order valence-corrected chi connectivity index (χ3v) is 2.09. The van der Waals surface area contributed by atoms with Gasteiger partial charge in [-0.3, -0.25) is 9.35 Å². The molecule has 0 saturated heterocycles. The Morgan fingerprint density at radius 3 is 2.17 bits per heavy atom. The van der Waals surface area contributed by atoms with Gasteiger partial charge in [-0.1, -0.05) is 31.5 Å². The van der Waals surface area contributed by atoms with Crippen molar-refractivity contribution < 1.29 is 27.1 Å². The molecule has 0 fully saturated rings. The smallest absolute Gasteiger partial charge is 0.446 e. The van der Waals surface area contributed by atoms with E-state index in [0.29, 0.717) is 6.42 Å². The van der Waals surface area contributed by atoms with E-state index in [4.69, 9.17) is 9.66 Å². The second-order valence-electron chi connectivity index (χ2n) is 3.32. The number of carbonyl (C=O) groups is 1. The average molecular weight is 276 g/mol. The van der Waals surface area contributed by atoms with Crippen molar-refractivity contribution in [2.45, 2.75) is 26.2 Å². The van der Waals surface area contributed by atoms with Gasteiger partial charge in [-0.15, -0.1) is 0 Å². The second-order valence-corrected chi connectivity index (χ2v) is 4.34. The van der Waals surface area contributed by atoms with Crippen molar-refractivity contribution in [1.29, 1.82) is 0 Å². The first-order valence-corrected chi connectivity index (χ1v) is 6.65. The first-order valence-electron chi connectivity index (χ1n) is 5.29. The third-order valence-electron chi connectivity index (χ3n) is 1.69. The van der Waals surface area contributed by atoms with Crippen LogP contribution in [0.15, 0.2) is 30.3 Å². The van der Waals surface area contributed by atoms with Crippen molar-refractivity contribution in [2.24, 2.45) is 0 Å². The van der Waals surface area contributed by atoms with Crippen LogP contribution in [-0.4, -0.2) is 24.0 Å². The number of hydrogen-bond donors (Lipinski definition) is 2. The number of carboxylic acids is 1. The van der Waals surface area contributed by atoms with Gasteiger partial charge in [0.2, 0.25) is 0 Å². The molecular formula is C11H16O6S. The van der Waals surface area contributed by atoms with Crippen LogP contribution in [0, 0.1) is 0 Å². The second kappa shape index (κ2) is 8.48. The largest absolute Gasteiger partial charge is 0.481 e. The van der Waals surface area contributed by atoms with Crippen molar-refractivity contribution in [3.8, 4) is 5.75 Å². The fourth-order valence-electron chi connectivity index (χ4n) is 0.926. The van der Waals surface area contributed by atoms with Crippen LogP contribution in [-0.2, 0) is 15.2 Å². The summed E-state index contributed by atoms with van der Waals surface area (Å²) in [5, 5.41) is 8.04. The molecule has 1 aromatic carbocycles. The van der Waals surface area contributed by atoms with E-state index in [2.05, 4.69) is 4.18 Å². The van der Waals surface area contributed by atoms with E-state index >= 15 is 0 Å². The van der Waals surface area contributed by atoms with Gasteiger partial charge in [0.25, 0.3) is 0 Å². The molecule has 0 amide bonds. The predicted octanol–water partition coefficient (Wildman–Crippen LogP) is 2.13. The molecule has 1 aromatic rings. The maximum absolute atomic E-state index is 10.1. The van der Waals surface area contributed by atoms with Gasteiger partial charge < -0.3 is 9.29 Å². The molecule has 0 aliphatic rings. The number of carboxylic acid groups (broad SMARTS) is 1. The van der Waals surface area contributed by atoms with E-state index in [1.54, 1.807) is 18.2 Å². The molecule has 0 heterocycles. The molecule has 0 atom stereocenters. The average Bonchev–Trinajstić information content (AvgIpc) is 2.26. The summed E-state index contributed by atoms with van der Waals surface area (Å²) in [6, 6.07) is 7.75. The molecule has 1 rings (SSSR count). The molecule has 0 aliphatic heterocycles. The Morgan fingerprint density at radius 1 is 1.28 bits per heavy atom. The topological polar surface area (TPSA) is 101 Å². The first kappa shape index (κ1) is 16.4. The molecular weight excluding hydrogens is 260 g/mol. The highest BCUT2D eigenvalue weighted by Gasteiger charge is 2.04. The Morgan fingerprint density at radius 2 is 1.83 bits per heavy atom. The molecule has 0 aliphatic carbocycles. The highest BCUT2D eigenvalue weighted by Crippen LogP contribution is 2.09. The lowest BCUT2D eigenvalue weighted by Gasteiger charge is -1.98. The Kier molecular flexibility index (Phi) is 7.73. The number of unbranched alkanes of at least 4 members (excludes halogenated alkanes) is 1. The number of benzene rings is 1. The van der Waals surface area contributed by atoms with Gasteiger partial charge in [-0.2, -0.15) is 8.42 Å². The highest BCUT2D eigenvalue weighted by molar-refractivity contribution is 7.81. The maximum atomic E-state index is 10.1. The molecule has 102 valence electrons. The highest BCUT2D eigenvalue weighted by atomic mass is 32.3. The van der Waals surface area contributed by atoms with Gasteiger partial charge in [-0.05, 0) is 18.6 Å². The fraction of sp³-hybridized carbons (Fsp3) is 0.364. The minimum absolute atomic E-state index is 0.0926. The van der Waals surface area contributed by atoms with Crippen molar-refractivity contribution in [3.05, 3.63) is 30.3 Å². The van der Waals surface area contributed by atoms with Crippen LogP contribution in [0.5, 0.6) is 5.75 Å². The van der Waals surface area contributed by atoms with Crippen LogP contribution in [0.2, 0.25) is 0 Å². The molecule has 0 saturated carbocycles. The van der Waals surface area contributed by atoms with Gasteiger partial charge in [0, 0.05) is 6.42 Å². The van der Waals surface area contributed by atoms with Crippen LogP contribution in [0.3, 0.4) is 0 Å². The van der Waals surface area contributed by atoms with Crippen molar-refractivity contribution in [2.75, 3.05) is 0 Å². The molecule has 18 heavy (non-hydrogen) atoms. The van der Waals surface area contributed by atoms with E-state index in [9.17, 15) is 13.2 Å². The van der Waals surface area contributed by atoms with E-state index in [0.717, 1.165) is 12.8 Å². The summed E-state index contributed by atoms with van der Waals surface area (Å²) in [5.74, 6) is -0.600. The van der Waals surface area contributed by atoms with Crippen LogP contribution < -0.4 is 4.18 Å². The van der Waals surface area contributed by atoms with E-state index in [-0.39, 0.29) is 5.75 Å². The summed E-state index contributed by atoms with van der Waals surface area (Å²) < 4.78 is 32.6. The number of hydrogen-bond acceptors (Lipinski definition) is 4. The van der Waals surface area contributed by atoms with E-state index in [1.807, 2.05) is 6.92 Å². The van der Waals surface area contributed by atoms with Crippen LogP contribution >= 0.6 is 0 Å². The monoisotopic (exact) mass is 276 g/mol. The summed E-state index contributed by atoms with van der Waals surface area (Å²) in [6.45, 7) is 1.98. The lowest BCUT2D eigenvalue weighted by atomic mass is 10.3. The molecule has 7 heteroatoms. The molecule has 0 spiro atoms. The van der Waals surface area contributed by atoms with Gasteiger partial charge in [0.15, 0.2) is 0 Å². The normalized spacial score (nSPS) is 10.1. The van der Waals surface area contributed by atoms with E-state index in [1.165, 1.54) is 12.1 Å². The quantitative estimate of drug-likeness (QED) is 0.799. The summed E-state index contributed by atoms with van der Waals surface area (Å²) in [4.78, 5) is 9.76. The van der Waals surface area contributed by atoms with Crippen molar-refractivity contribution in [1.82, 2.24) is 0 Å². The lowest BCUT2D eigenvalue weighted by molar-refractivity contribution is -0.137. The standard InChI is InChI=1S/C6H6O4S.C5H10O2/c7-11(8,9)10-6-4-2-1-3-5-6;1-2-3-4-5(6)7/h1-5H,(H,7,8,9);2-4H2,1H3,(H,6,7).